The molecule has 0 radical (unpaired) electrons. The lowest BCUT2D eigenvalue weighted by Crippen LogP contribution is -2.47. The summed E-state index contributed by atoms with van der Waals surface area (Å²) in [6.07, 6.45) is 4.27. The Hall–Kier alpha value is -2.97. The van der Waals surface area contributed by atoms with Crippen molar-refractivity contribution in [1.29, 1.82) is 0 Å². The van der Waals surface area contributed by atoms with Gasteiger partial charge in [0.2, 0.25) is 0 Å². The number of amides is 1. The second-order valence-electron chi connectivity index (χ2n) is 9.48. The van der Waals surface area contributed by atoms with E-state index in [-0.39, 0.29) is 16.5 Å². The van der Waals surface area contributed by atoms with E-state index >= 15 is 0 Å². The van der Waals surface area contributed by atoms with E-state index in [2.05, 4.69) is 29.2 Å². The number of hydrogen-bond donors (Lipinski definition) is 0. The van der Waals surface area contributed by atoms with Crippen LogP contribution in [-0.4, -0.2) is 60.9 Å². The van der Waals surface area contributed by atoms with Crippen LogP contribution in [0.3, 0.4) is 0 Å². The lowest BCUT2D eigenvalue weighted by Gasteiger charge is -2.37. The predicted octanol–water partition coefficient (Wildman–Crippen LogP) is 4.03. The molecule has 0 saturated carbocycles. The highest BCUT2D eigenvalue weighted by molar-refractivity contribution is 5.96. The van der Waals surface area contributed by atoms with E-state index in [4.69, 9.17) is 9.47 Å². The highest BCUT2D eigenvalue weighted by Crippen LogP contribution is 2.35. The van der Waals surface area contributed by atoms with E-state index in [0.29, 0.717) is 56.3 Å². The van der Waals surface area contributed by atoms with Gasteiger partial charge >= 0.3 is 0 Å². The molecule has 3 saturated heterocycles. The molecule has 0 atom stereocenters. The van der Waals surface area contributed by atoms with Crippen LogP contribution in [0.25, 0.3) is 0 Å². The quantitative estimate of drug-likeness (QED) is 0.490. The van der Waals surface area contributed by atoms with E-state index < -0.39 is 5.79 Å². The molecule has 0 aromatic heterocycles. The number of nitro benzene ring substituents is 1. The third kappa shape index (κ3) is 4.79. The molecular weight excluding hydrogens is 434 g/mol. The standard InChI is InChI=1S/C26H31N3O5/c30-25(28-14-10-26(11-15-28)33-16-17-34-26)22-6-7-23(24(19-22)29(31)32)27-12-8-21(9-13-27)18-20-4-2-1-3-5-20/h1-7,19,21H,8-18H2. The zero-order valence-corrected chi connectivity index (χ0v) is 19.4. The molecule has 8 nitrogen and oxygen atoms in total. The summed E-state index contributed by atoms with van der Waals surface area (Å²) in [6.45, 7) is 3.77. The Bertz CT molecular complexity index is 1020. The summed E-state index contributed by atoms with van der Waals surface area (Å²) in [6, 6.07) is 15.4. The molecule has 8 heteroatoms. The fraction of sp³-hybridized carbons (Fsp3) is 0.500. The summed E-state index contributed by atoms with van der Waals surface area (Å²) < 4.78 is 11.5. The lowest BCUT2D eigenvalue weighted by molar-refractivity contribution is -0.384. The summed E-state index contributed by atoms with van der Waals surface area (Å²) in [7, 11) is 0. The Morgan fingerprint density at radius 1 is 1.00 bits per heavy atom. The van der Waals surface area contributed by atoms with E-state index in [0.717, 1.165) is 32.4 Å². The molecular formula is C26H31N3O5. The van der Waals surface area contributed by atoms with Crippen molar-refractivity contribution < 1.29 is 19.2 Å². The van der Waals surface area contributed by atoms with Gasteiger partial charge in [0.15, 0.2) is 5.79 Å². The van der Waals surface area contributed by atoms with Crippen LogP contribution in [0.2, 0.25) is 0 Å². The first-order valence-corrected chi connectivity index (χ1v) is 12.2. The highest BCUT2D eigenvalue weighted by Gasteiger charge is 2.41. The second kappa shape index (κ2) is 9.72. The van der Waals surface area contributed by atoms with Crippen LogP contribution >= 0.6 is 0 Å². The number of carbonyl (C=O) groups is 1. The van der Waals surface area contributed by atoms with Crippen molar-refractivity contribution in [3.05, 3.63) is 69.8 Å². The summed E-state index contributed by atoms with van der Waals surface area (Å²) in [5.41, 5.74) is 2.30. The number of piperidine rings is 2. The Morgan fingerprint density at radius 3 is 2.32 bits per heavy atom. The highest BCUT2D eigenvalue weighted by atomic mass is 16.7. The van der Waals surface area contributed by atoms with Gasteiger partial charge in [0.05, 0.1) is 18.1 Å². The normalized spacial score (nSPS) is 20.6. The number of hydrogen-bond acceptors (Lipinski definition) is 6. The summed E-state index contributed by atoms with van der Waals surface area (Å²) in [5, 5.41) is 11.9. The molecule has 3 aliphatic rings. The van der Waals surface area contributed by atoms with Crippen LogP contribution in [0.4, 0.5) is 11.4 Å². The van der Waals surface area contributed by atoms with Crippen molar-refractivity contribution in [1.82, 2.24) is 4.90 Å². The molecule has 3 aliphatic heterocycles. The lowest BCUT2D eigenvalue weighted by atomic mass is 9.90. The zero-order valence-electron chi connectivity index (χ0n) is 19.4. The van der Waals surface area contributed by atoms with Gasteiger partial charge in [-0.15, -0.1) is 0 Å². The number of carbonyl (C=O) groups excluding carboxylic acids is 1. The molecule has 180 valence electrons. The number of ether oxygens (including phenoxy) is 2. The van der Waals surface area contributed by atoms with Crippen molar-refractivity contribution in [3.63, 3.8) is 0 Å². The molecule has 3 heterocycles. The van der Waals surface area contributed by atoms with Crippen molar-refractivity contribution in [2.24, 2.45) is 5.92 Å². The van der Waals surface area contributed by atoms with Crippen molar-refractivity contribution in [3.8, 4) is 0 Å². The fourth-order valence-electron chi connectivity index (χ4n) is 5.41. The largest absolute Gasteiger partial charge is 0.366 e. The molecule has 1 spiro atoms. The molecule has 2 aromatic rings. The SMILES string of the molecule is O=C(c1ccc(N2CCC(Cc3ccccc3)CC2)c([N+](=O)[O-])c1)N1CCC2(CC1)OCCO2. The van der Waals surface area contributed by atoms with Crippen LogP contribution in [0.5, 0.6) is 0 Å². The maximum atomic E-state index is 13.1. The molecule has 1 amide bonds. The second-order valence-corrected chi connectivity index (χ2v) is 9.48. The Kier molecular flexibility index (Phi) is 6.52. The molecule has 34 heavy (non-hydrogen) atoms. The molecule has 0 unspecified atom stereocenters. The van der Waals surface area contributed by atoms with Crippen LogP contribution in [0.1, 0.15) is 41.6 Å². The fourth-order valence-corrected chi connectivity index (χ4v) is 5.41. The number of anilines is 1. The number of nitro groups is 1. The first-order chi connectivity index (χ1) is 16.5. The van der Waals surface area contributed by atoms with Gasteiger partial charge in [0.1, 0.15) is 5.69 Å². The van der Waals surface area contributed by atoms with Gasteiger partial charge in [-0.25, -0.2) is 0 Å². The third-order valence-corrected chi connectivity index (χ3v) is 7.37. The molecule has 0 bridgehead atoms. The maximum absolute atomic E-state index is 13.1. The summed E-state index contributed by atoms with van der Waals surface area (Å²) in [5.74, 6) is -0.156. The number of rotatable bonds is 5. The van der Waals surface area contributed by atoms with Crippen molar-refractivity contribution in [2.45, 2.75) is 37.9 Å². The van der Waals surface area contributed by atoms with Gasteiger partial charge in [0.25, 0.3) is 11.6 Å². The van der Waals surface area contributed by atoms with E-state index in [1.165, 1.54) is 11.6 Å². The Labute approximate surface area is 199 Å². The summed E-state index contributed by atoms with van der Waals surface area (Å²) in [4.78, 5) is 28.5. The minimum atomic E-state index is -0.556. The predicted molar refractivity (Wildman–Crippen MR) is 128 cm³/mol. The first kappa shape index (κ1) is 22.8. The van der Waals surface area contributed by atoms with Gasteiger partial charge in [-0.05, 0) is 42.9 Å². The number of likely N-dealkylation sites (tertiary alicyclic amines) is 1. The molecule has 0 N–H and O–H groups in total. The molecule has 0 aliphatic carbocycles. The molecule has 2 aromatic carbocycles. The van der Waals surface area contributed by atoms with E-state index in [9.17, 15) is 14.9 Å². The van der Waals surface area contributed by atoms with Gasteiger partial charge in [0, 0.05) is 50.7 Å². The van der Waals surface area contributed by atoms with Crippen molar-refractivity contribution >= 4 is 17.3 Å². The van der Waals surface area contributed by atoms with Gasteiger partial charge in [-0.3, -0.25) is 14.9 Å². The van der Waals surface area contributed by atoms with Crippen LogP contribution in [0, 0.1) is 16.0 Å². The van der Waals surface area contributed by atoms with Crippen molar-refractivity contribution in [2.75, 3.05) is 44.3 Å². The molecule has 3 fully saturated rings. The number of nitrogens with zero attached hydrogens (tertiary/aromatic N) is 3. The Morgan fingerprint density at radius 2 is 1.68 bits per heavy atom. The maximum Gasteiger partial charge on any atom is 0.293 e. The minimum Gasteiger partial charge on any atom is -0.366 e. The van der Waals surface area contributed by atoms with E-state index in [1.807, 2.05) is 6.07 Å². The third-order valence-electron chi connectivity index (χ3n) is 7.37. The van der Waals surface area contributed by atoms with Gasteiger partial charge in [-0.2, -0.15) is 0 Å². The summed E-state index contributed by atoms with van der Waals surface area (Å²) >= 11 is 0. The first-order valence-electron chi connectivity index (χ1n) is 12.2. The van der Waals surface area contributed by atoms with Crippen LogP contribution in [-0.2, 0) is 15.9 Å². The zero-order chi connectivity index (χ0) is 23.5. The molecule has 5 rings (SSSR count). The van der Waals surface area contributed by atoms with Gasteiger partial charge in [-0.1, -0.05) is 30.3 Å². The smallest absolute Gasteiger partial charge is 0.293 e. The number of benzene rings is 2. The average molecular weight is 466 g/mol. The topological polar surface area (TPSA) is 85.2 Å². The minimum absolute atomic E-state index is 0.00305. The monoisotopic (exact) mass is 465 g/mol. The van der Waals surface area contributed by atoms with Crippen LogP contribution < -0.4 is 4.90 Å². The Balaban J connectivity index is 1.24. The van der Waals surface area contributed by atoms with Crippen LogP contribution in [0.15, 0.2) is 48.5 Å². The van der Waals surface area contributed by atoms with Gasteiger partial charge < -0.3 is 19.3 Å². The van der Waals surface area contributed by atoms with E-state index in [1.54, 1.807) is 17.0 Å². The average Bonchev–Trinajstić information content (AvgIpc) is 3.32.